The molecule has 1 aromatic heterocycles. The van der Waals surface area contributed by atoms with Gasteiger partial charge >= 0.3 is 5.97 Å². The molecule has 1 heterocycles. The molecule has 6 heteroatoms. The minimum absolute atomic E-state index is 0.137. The molecule has 0 radical (unpaired) electrons. The summed E-state index contributed by atoms with van der Waals surface area (Å²) in [4.78, 5) is 11.1. The van der Waals surface area contributed by atoms with Crippen molar-refractivity contribution in [3.63, 3.8) is 0 Å². The first-order chi connectivity index (χ1) is 7.98. The van der Waals surface area contributed by atoms with Crippen LogP contribution in [0.25, 0.3) is 0 Å². The third-order valence-corrected chi connectivity index (χ3v) is 2.19. The molecule has 0 spiro atoms. The lowest BCUT2D eigenvalue weighted by Gasteiger charge is -2.20. The van der Waals surface area contributed by atoms with Gasteiger partial charge in [-0.2, -0.15) is 0 Å². The fourth-order valence-corrected chi connectivity index (χ4v) is 1.19. The Morgan fingerprint density at radius 1 is 1.59 bits per heavy atom. The van der Waals surface area contributed by atoms with Crippen molar-refractivity contribution in [2.24, 2.45) is 0 Å². The highest BCUT2D eigenvalue weighted by molar-refractivity contribution is 5.86. The van der Waals surface area contributed by atoms with Gasteiger partial charge in [0.25, 0.3) is 0 Å². The van der Waals surface area contributed by atoms with E-state index in [2.05, 4.69) is 10.1 Å². The van der Waals surface area contributed by atoms with Crippen LogP contribution in [0.2, 0.25) is 0 Å². The number of carbonyl (C=O) groups excluding carboxylic acids is 1. The summed E-state index contributed by atoms with van der Waals surface area (Å²) in [5.41, 5.74) is -1.17. The molecule has 0 fully saturated rings. The van der Waals surface area contributed by atoms with E-state index in [0.29, 0.717) is 12.3 Å². The second-order valence-electron chi connectivity index (χ2n) is 4.02. The van der Waals surface area contributed by atoms with Crippen LogP contribution in [0.15, 0.2) is 16.5 Å². The Morgan fingerprint density at radius 3 is 2.88 bits per heavy atom. The van der Waals surface area contributed by atoms with Gasteiger partial charge in [-0.05, 0) is 19.1 Å². The van der Waals surface area contributed by atoms with Crippen molar-refractivity contribution in [2.45, 2.75) is 19.1 Å². The van der Waals surface area contributed by atoms with Gasteiger partial charge in [-0.15, -0.1) is 0 Å². The van der Waals surface area contributed by atoms with Crippen LogP contribution in [0.4, 0.5) is 0 Å². The molecule has 0 amide bonds. The normalized spacial score (nSPS) is 14.4. The summed E-state index contributed by atoms with van der Waals surface area (Å²) in [6.07, 6.45) is 0. The van der Waals surface area contributed by atoms with E-state index in [1.54, 1.807) is 6.07 Å². The number of aliphatic hydroxyl groups is 2. The molecular formula is C11H17NO5. The van der Waals surface area contributed by atoms with Crippen LogP contribution in [0.5, 0.6) is 0 Å². The van der Waals surface area contributed by atoms with Crippen LogP contribution in [-0.4, -0.2) is 42.0 Å². The van der Waals surface area contributed by atoms with Gasteiger partial charge in [0.05, 0.1) is 25.9 Å². The van der Waals surface area contributed by atoms with E-state index in [4.69, 9.17) is 9.52 Å². The van der Waals surface area contributed by atoms with Gasteiger partial charge in [-0.25, -0.2) is 4.79 Å². The van der Waals surface area contributed by atoms with Crippen LogP contribution in [0.3, 0.4) is 0 Å². The number of ether oxygens (including phenoxy) is 1. The van der Waals surface area contributed by atoms with Gasteiger partial charge in [0.1, 0.15) is 5.76 Å². The number of hydrogen-bond acceptors (Lipinski definition) is 6. The summed E-state index contributed by atoms with van der Waals surface area (Å²) in [5, 5.41) is 21.2. The van der Waals surface area contributed by atoms with Gasteiger partial charge in [0, 0.05) is 6.54 Å². The third-order valence-electron chi connectivity index (χ3n) is 2.19. The average molecular weight is 243 g/mol. The first kappa shape index (κ1) is 13.7. The highest BCUT2D eigenvalue weighted by atomic mass is 16.5. The molecular weight excluding hydrogens is 226 g/mol. The molecule has 1 atom stereocenters. The maximum absolute atomic E-state index is 11.1. The average Bonchev–Trinajstić information content (AvgIpc) is 2.76. The molecule has 1 rings (SSSR count). The van der Waals surface area contributed by atoms with Gasteiger partial charge < -0.3 is 24.7 Å². The number of aliphatic hydroxyl groups excluding tert-OH is 1. The van der Waals surface area contributed by atoms with E-state index in [0.717, 1.165) is 0 Å². The Labute approximate surface area is 99.2 Å². The lowest BCUT2D eigenvalue weighted by atomic mass is 10.1. The zero-order chi connectivity index (χ0) is 12.9. The van der Waals surface area contributed by atoms with E-state index >= 15 is 0 Å². The molecule has 0 bridgehead atoms. The van der Waals surface area contributed by atoms with Crippen molar-refractivity contribution in [1.82, 2.24) is 5.32 Å². The van der Waals surface area contributed by atoms with E-state index in [1.165, 1.54) is 20.1 Å². The fraction of sp³-hybridized carbons (Fsp3) is 0.545. The minimum Gasteiger partial charge on any atom is -0.463 e. The molecule has 1 aromatic rings. The molecule has 0 saturated heterocycles. The molecule has 6 nitrogen and oxygen atoms in total. The third kappa shape index (κ3) is 4.18. The fourth-order valence-electron chi connectivity index (χ4n) is 1.19. The molecule has 0 saturated carbocycles. The van der Waals surface area contributed by atoms with E-state index in [9.17, 15) is 9.90 Å². The van der Waals surface area contributed by atoms with Gasteiger partial charge in [-0.1, -0.05) is 0 Å². The number of methoxy groups -OCH3 is 1. The standard InChI is InChI=1S/C11H17NO5/c1-11(15,7-13)6-12-5-8-3-4-9(17-8)10(14)16-2/h3-4,12-13,15H,5-7H2,1-2H3. The van der Waals surface area contributed by atoms with Gasteiger partial charge in [0.15, 0.2) is 0 Å². The summed E-state index contributed by atoms with van der Waals surface area (Å²) in [7, 11) is 1.28. The second-order valence-corrected chi connectivity index (χ2v) is 4.02. The summed E-state index contributed by atoms with van der Waals surface area (Å²) < 4.78 is 9.70. The predicted octanol–water partition coefficient (Wildman–Crippen LogP) is -0.101. The molecule has 17 heavy (non-hydrogen) atoms. The topological polar surface area (TPSA) is 91.9 Å². The lowest BCUT2D eigenvalue weighted by Crippen LogP contribution is -2.40. The van der Waals surface area contributed by atoms with Crippen molar-refractivity contribution in [3.05, 3.63) is 23.7 Å². The Hall–Kier alpha value is -1.37. The number of nitrogens with one attached hydrogen (secondary N) is 1. The van der Waals surface area contributed by atoms with Crippen molar-refractivity contribution < 1.29 is 24.2 Å². The minimum atomic E-state index is -1.17. The van der Waals surface area contributed by atoms with Crippen molar-refractivity contribution in [3.8, 4) is 0 Å². The SMILES string of the molecule is COC(=O)c1ccc(CNCC(C)(O)CO)o1. The summed E-state index contributed by atoms with van der Waals surface area (Å²) in [6.45, 7) is 1.76. The molecule has 0 aliphatic heterocycles. The zero-order valence-electron chi connectivity index (χ0n) is 9.90. The van der Waals surface area contributed by atoms with Crippen LogP contribution >= 0.6 is 0 Å². The Balaban J connectivity index is 2.43. The Kier molecular flexibility index (Phi) is 4.68. The van der Waals surface area contributed by atoms with Crippen molar-refractivity contribution in [1.29, 1.82) is 0 Å². The predicted molar refractivity (Wildman–Crippen MR) is 59.5 cm³/mol. The van der Waals surface area contributed by atoms with Crippen molar-refractivity contribution in [2.75, 3.05) is 20.3 Å². The van der Waals surface area contributed by atoms with Crippen LogP contribution in [0, 0.1) is 0 Å². The highest BCUT2D eigenvalue weighted by Crippen LogP contribution is 2.09. The number of hydrogen-bond donors (Lipinski definition) is 3. The molecule has 1 unspecified atom stereocenters. The van der Waals surface area contributed by atoms with Crippen LogP contribution < -0.4 is 5.32 Å². The van der Waals surface area contributed by atoms with Crippen LogP contribution in [-0.2, 0) is 11.3 Å². The molecule has 0 aromatic carbocycles. The van der Waals surface area contributed by atoms with Crippen molar-refractivity contribution >= 4 is 5.97 Å². The molecule has 0 aliphatic carbocycles. The molecule has 3 N–H and O–H groups in total. The first-order valence-electron chi connectivity index (χ1n) is 5.19. The summed E-state index contributed by atoms with van der Waals surface area (Å²) in [5.74, 6) is 0.163. The Morgan fingerprint density at radius 2 is 2.29 bits per heavy atom. The van der Waals surface area contributed by atoms with Crippen LogP contribution in [0.1, 0.15) is 23.2 Å². The monoisotopic (exact) mass is 243 g/mol. The summed E-state index contributed by atoms with van der Waals surface area (Å²) >= 11 is 0. The zero-order valence-corrected chi connectivity index (χ0v) is 9.90. The van der Waals surface area contributed by atoms with E-state index in [-0.39, 0.29) is 18.9 Å². The smallest absolute Gasteiger partial charge is 0.373 e. The van der Waals surface area contributed by atoms with Gasteiger partial charge in [-0.3, -0.25) is 0 Å². The largest absolute Gasteiger partial charge is 0.463 e. The summed E-state index contributed by atoms with van der Waals surface area (Å²) in [6, 6.07) is 3.17. The molecule has 96 valence electrons. The lowest BCUT2D eigenvalue weighted by molar-refractivity contribution is 0.00223. The number of furan rings is 1. The maximum Gasteiger partial charge on any atom is 0.373 e. The second kappa shape index (κ2) is 5.81. The quantitative estimate of drug-likeness (QED) is 0.604. The van der Waals surface area contributed by atoms with E-state index in [1.807, 2.05) is 0 Å². The first-order valence-corrected chi connectivity index (χ1v) is 5.19. The van der Waals surface area contributed by atoms with Gasteiger partial charge in [0.2, 0.25) is 5.76 Å². The number of rotatable bonds is 6. The maximum atomic E-state index is 11.1. The number of carbonyl (C=O) groups is 1. The number of esters is 1. The molecule has 0 aliphatic rings. The Bertz CT molecular complexity index is 372. The highest BCUT2D eigenvalue weighted by Gasteiger charge is 2.18. The van der Waals surface area contributed by atoms with E-state index < -0.39 is 11.6 Å².